The molecule has 118 valence electrons. The number of fused-ring (bicyclic) bond motifs is 1. The molecule has 0 saturated carbocycles. The van der Waals surface area contributed by atoms with Crippen LogP contribution >= 0.6 is 0 Å². The van der Waals surface area contributed by atoms with Gasteiger partial charge in [0, 0.05) is 11.6 Å². The Morgan fingerprint density at radius 1 is 0.750 bits per heavy atom. The summed E-state index contributed by atoms with van der Waals surface area (Å²) in [5.41, 5.74) is 5.19. The Morgan fingerprint density at radius 3 is 2.12 bits per heavy atom. The summed E-state index contributed by atoms with van der Waals surface area (Å²) in [4.78, 5) is 0. The highest BCUT2D eigenvalue weighted by molar-refractivity contribution is 6.04. The molecule has 0 aromatic heterocycles. The van der Waals surface area contributed by atoms with Gasteiger partial charge in [-0.2, -0.15) is 0 Å². The van der Waals surface area contributed by atoms with Crippen molar-refractivity contribution in [3.8, 4) is 11.5 Å². The van der Waals surface area contributed by atoms with Crippen molar-refractivity contribution in [1.82, 2.24) is 0 Å². The van der Waals surface area contributed by atoms with Crippen LogP contribution in [0.4, 0.5) is 4.39 Å². The maximum absolute atomic E-state index is 14.5. The van der Waals surface area contributed by atoms with Gasteiger partial charge in [0.2, 0.25) is 0 Å². The first kappa shape index (κ1) is 14.5. The van der Waals surface area contributed by atoms with Crippen molar-refractivity contribution in [3.05, 3.63) is 94.8 Å². The molecule has 0 amide bonds. The van der Waals surface area contributed by atoms with Crippen molar-refractivity contribution in [1.29, 1.82) is 0 Å². The van der Waals surface area contributed by atoms with Gasteiger partial charge in [0.05, 0.1) is 0 Å². The molecule has 0 saturated heterocycles. The van der Waals surface area contributed by atoms with Crippen molar-refractivity contribution in [3.63, 3.8) is 0 Å². The van der Waals surface area contributed by atoms with Gasteiger partial charge in [0.15, 0.2) is 0 Å². The number of rotatable bonds is 2. The molecule has 3 aromatic rings. The van der Waals surface area contributed by atoms with Gasteiger partial charge in [-0.25, -0.2) is 4.39 Å². The zero-order valence-electron chi connectivity index (χ0n) is 12.8. The molecule has 2 N–H and O–H groups in total. The summed E-state index contributed by atoms with van der Waals surface area (Å²) in [5, 5.41) is 19.3. The fourth-order valence-corrected chi connectivity index (χ4v) is 3.31. The van der Waals surface area contributed by atoms with E-state index in [0.29, 0.717) is 12.0 Å². The van der Waals surface area contributed by atoms with E-state index in [1.54, 1.807) is 18.2 Å². The molecular weight excluding hydrogens is 303 g/mol. The van der Waals surface area contributed by atoms with Gasteiger partial charge >= 0.3 is 0 Å². The Bertz CT molecular complexity index is 959. The highest BCUT2D eigenvalue weighted by Crippen LogP contribution is 2.44. The molecule has 1 aliphatic rings. The third kappa shape index (κ3) is 2.35. The summed E-state index contributed by atoms with van der Waals surface area (Å²) < 4.78 is 14.5. The van der Waals surface area contributed by atoms with Gasteiger partial charge in [-0.3, -0.25) is 0 Å². The Kier molecular flexibility index (Phi) is 3.35. The average Bonchev–Trinajstić information content (AvgIpc) is 2.94. The van der Waals surface area contributed by atoms with Gasteiger partial charge in [0.25, 0.3) is 0 Å². The summed E-state index contributed by atoms with van der Waals surface area (Å²) in [6.45, 7) is 0. The summed E-state index contributed by atoms with van der Waals surface area (Å²) in [7, 11) is 0. The van der Waals surface area contributed by atoms with Gasteiger partial charge in [-0.15, -0.1) is 0 Å². The fraction of sp³-hybridized carbons (Fsp3) is 0.0476. The average molecular weight is 318 g/mol. The standard InChI is InChI=1S/C21H15FO2/c22-20-12-16(24)7-9-18(20)21-17-8-6-15(23)10-14(17)11-19(21)13-4-2-1-3-5-13/h1-10,12,23-24H,11H2. The minimum atomic E-state index is -0.459. The highest BCUT2D eigenvalue weighted by atomic mass is 19.1. The maximum atomic E-state index is 14.5. The largest absolute Gasteiger partial charge is 0.508 e. The number of aromatic hydroxyl groups is 2. The molecule has 0 spiro atoms. The van der Waals surface area contributed by atoms with Crippen LogP contribution in [-0.2, 0) is 6.42 Å². The normalized spacial score (nSPS) is 13.2. The minimum absolute atomic E-state index is 0.0953. The zero-order chi connectivity index (χ0) is 16.7. The fourth-order valence-electron chi connectivity index (χ4n) is 3.31. The zero-order valence-corrected chi connectivity index (χ0v) is 12.8. The van der Waals surface area contributed by atoms with Crippen LogP contribution in [-0.4, -0.2) is 10.2 Å². The Morgan fingerprint density at radius 2 is 1.42 bits per heavy atom. The topological polar surface area (TPSA) is 40.5 Å². The molecule has 0 bridgehead atoms. The van der Waals surface area contributed by atoms with E-state index in [-0.39, 0.29) is 11.5 Å². The Hall–Kier alpha value is -3.07. The molecule has 0 radical (unpaired) electrons. The van der Waals surface area contributed by atoms with Gasteiger partial charge in [0.1, 0.15) is 17.3 Å². The first-order valence-electron chi connectivity index (χ1n) is 7.73. The van der Waals surface area contributed by atoms with E-state index in [4.69, 9.17) is 0 Å². The minimum Gasteiger partial charge on any atom is -0.508 e. The SMILES string of the molecule is Oc1ccc(C2=C(c3ccccc3)Cc3cc(O)ccc32)c(F)c1. The first-order chi connectivity index (χ1) is 11.6. The third-order valence-electron chi connectivity index (χ3n) is 4.37. The molecule has 24 heavy (non-hydrogen) atoms. The molecule has 0 aliphatic heterocycles. The van der Waals surface area contributed by atoms with Gasteiger partial charge in [-0.1, -0.05) is 36.4 Å². The predicted molar refractivity (Wildman–Crippen MR) is 92.2 cm³/mol. The molecule has 0 atom stereocenters. The van der Waals surface area contributed by atoms with E-state index < -0.39 is 5.82 Å². The van der Waals surface area contributed by atoms with E-state index in [0.717, 1.165) is 33.9 Å². The molecule has 0 fully saturated rings. The van der Waals surface area contributed by atoms with Crippen molar-refractivity contribution < 1.29 is 14.6 Å². The Balaban J connectivity index is 1.99. The third-order valence-corrected chi connectivity index (χ3v) is 4.37. The van der Waals surface area contributed by atoms with Crippen LogP contribution < -0.4 is 0 Å². The number of phenolic OH excluding ortho intramolecular Hbond substituents is 2. The second-order valence-corrected chi connectivity index (χ2v) is 5.90. The van der Waals surface area contributed by atoms with E-state index in [2.05, 4.69) is 0 Å². The maximum Gasteiger partial charge on any atom is 0.134 e. The van der Waals surface area contributed by atoms with Gasteiger partial charge in [-0.05, 0) is 58.5 Å². The van der Waals surface area contributed by atoms with E-state index in [1.165, 1.54) is 6.07 Å². The Labute approximate surface area is 139 Å². The molecule has 4 rings (SSSR count). The molecule has 3 heteroatoms. The lowest BCUT2D eigenvalue weighted by Crippen LogP contribution is -1.93. The number of hydrogen-bond donors (Lipinski definition) is 2. The lowest BCUT2D eigenvalue weighted by molar-refractivity contribution is 0.469. The number of phenols is 2. The summed E-state index contributed by atoms with van der Waals surface area (Å²) in [6, 6.07) is 19.2. The van der Waals surface area contributed by atoms with Crippen LogP contribution in [0.5, 0.6) is 11.5 Å². The molecule has 1 aliphatic carbocycles. The number of halogens is 1. The van der Waals surface area contributed by atoms with E-state index in [1.807, 2.05) is 36.4 Å². The number of allylic oxidation sites excluding steroid dienone is 1. The van der Waals surface area contributed by atoms with Crippen LogP contribution in [0.3, 0.4) is 0 Å². The first-order valence-corrected chi connectivity index (χ1v) is 7.73. The van der Waals surface area contributed by atoms with Crippen LogP contribution in [0, 0.1) is 5.82 Å². The lowest BCUT2D eigenvalue weighted by Gasteiger charge is -2.11. The molecular formula is C21H15FO2. The van der Waals surface area contributed by atoms with Crippen molar-refractivity contribution in [2.75, 3.05) is 0 Å². The van der Waals surface area contributed by atoms with Crippen LogP contribution in [0.1, 0.15) is 22.3 Å². The van der Waals surface area contributed by atoms with Crippen molar-refractivity contribution in [2.24, 2.45) is 0 Å². The van der Waals surface area contributed by atoms with Crippen LogP contribution in [0.25, 0.3) is 11.1 Å². The second kappa shape index (κ2) is 5.53. The number of hydrogen-bond acceptors (Lipinski definition) is 2. The lowest BCUT2D eigenvalue weighted by atomic mass is 9.94. The molecule has 0 heterocycles. The van der Waals surface area contributed by atoms with Crippen molar-refractivity contribution >= 4 is 11.1 Å². The van der Waals surface area contributed by atoms with Gasteiger partial charge < -0.3 is 10.2 Å². The molecule has 3 aromatic carbocycles. The van der Waals surface area contributed by atoms with E-state index in [9.17, 15) is 14.6 Å². The van der Waals surface area contributed by atoms with Crippen molar-refractivity contribution in [2.45, 2.75) is 6.42 Å². The second-order valence-electron chi connectivity index (χ2n) is 5.90. The summed E-state index contributed by atoms with van der Waals surface area (Å²) in [6.07, 6.45) is 0.628. The summed E-state index contributed by atoms with van der Waals surface area (Å²) >= 11 is 0. The molecule has 2 nitrogen and oxygen atoms in total. The monoisotopic (exact) mass is 318 g/mol. The van der Waals surface area contributed by atoms with E-state index >= 15 is 0 Å². The van der Waals surface area contributed by atoms with Crippen LogP contribution in [0.15, 0.2) is 66.7 Å². The predicted octanol–water partition coefficient (Wildman–Crippen LogP) is 4.75. The highest BCUT2D eigenvalue weighted by Gasteiger charge is 2.26. The number of benzene rings is 3. The smallest absolute Gasteiger partial charge is 0.134 e. The quantitative estimate of drug-likeness (QED) is 0.715. The summed E-state index contributed by atoms with van der Waals surface area (Å²) in [5.74, 6) is -0.352. The molecule has 0 unspecified atom stereocenters. The van der Waals surface area contributed by atoms with Crippen LogP contribution in [0.2, 0.25) is 0 Å².